The second-order valence-corrected chi connectivity index (χ2v) is 6.10. The van der Waals surface area contributed by atoms with Crippen LogP contribution in [-0.4, -0.2) is 28.8 Å². The quantitative estimate of drug-likeness (QED) is 0.471. The number of thiocarbonyl (C=S) groups is 1. The highest BCUT2D eigenvalue weighted by Crippen LogP contribution is 2.20. The van der Waals surface area contributed by atoms with Gasteiger partial charge in [-0.05, 0) is 55.7 Å². The first-order chi connectivity index (χ1) is 12.1. The molecular weight excluding hydrogens is 334 g/mol. The molecule has 0 fully saturated rings. The third-order valence-electron chi connectivity index (χ3n) is 3.88. The minimum absolute atomic E-state index is 0.0704. The van der Waals surface area contributed by atoms with Crippen LogP contribution >= 0.6 is 12.2 Å². The Balaban J connectivity index is 1.91. The Morgan fingerprint density at radius 1 is 1.08 bits per heavy atom. The van der Waals surface area contributed by atoms with E-state index in [4.69, 9.17) is 18.0 Å². The van der Waals surface area contributed by atoms with Gasteiger partial charge in [0.2, 0.25) is 0 Å². The fourth-order valence-corrected chi connectivity index (χ4v) is 2.90. The maximum atomic E-state index is 11.7. The number of carboxylic acid groups (broad SMARTS) is 1. The molecule has 1 atom stereocenters. The Labute approximate surface area is 153 Å². The summed E-state index contributed by atoms with van der Waals surface area (Å²) in [6.45, 7) is 0.786. The first-order valence-corrected chi connectivity index (χ1v) is 8.66. The summed E-state index contributed by atoms with van der Waals surface area (Å²) in [7, 11) is 0. The number of nitrogens with one attached hydrogen (secondary N) is 1. The number of carboxylic acids is 1. The van der Waals surface area contributed by atoms with Crippen LogP contribution in [0.4, 0.5) is 11.4 Å². The number of benzene rings is 2. The standard InChI is InChI=1S/C19H23N3O2S/c20-19(25)22(16-11-5-2-6-12-16)17(18(23)24)13-7-8-14-21-15-9-3-1-4-10-15/h1-6,9-12,17,21H,7-8,13-14H2,(H2,20,25)(H,23,24)/t17-/m0/s1. The molecule has 0 saturated carbocycles. The molecule has 0 heterocycles. The molecule has 6 heteroatoms. The van der Waals surface area contributed by atoms with Gasteiger partial charge in [-0.25, -0.2) is 4.79 Å². The predicted octanol–water partition coefficient (Wildman–Crippen LogP) is 3.47. The molecule has 0 aliphatic carbocycles. The fraction of sp³-hybridized carbons (Fsp3) is 0.263. The third-order valence-corrected chi connectivity index (χ3v) is 4.07. The van der Waals surface area contributed by atoms with Gasteiger partial charge in [0.25, 0.3) is 0 Å². The van der Waals surface area contributed by atoms with Crippen LogP contribution in [0, 0.1) is 0 Å². The zero-order valence-corrected chi connectivity index (χ0v) is 14.8. The minimum atomic E-state index is -0.923. The van der Waals surface area contributed by atoms with Crippen molar-refractivity contribution in [2.24, 2.45) is 5.73 Å². The van der Waals surface area contributed by atoms with Crippen LogP contribution in [0.3, 0.4) is 0 Å². The SMILES string of the molecule is NC(=S)N(c1ccccc1)[C@@H](CCCCNc1ccccc1)C(=O)O. The van der Waals surface area contributed by atoms with Crippen molar-refractivity contribution in [2.75, 3.05) is 16.8 Å². The van der Waals surface area contributed by atoms with Crippen molar-refractivity contribution in [3.63, 3.8) is 0 Å². The van der Waals surface area contributed by atoms with Crippen LogP contribution in [0.2, 0.25) is 0 Å². The fourth-order valence-electron chi connectivity index (χ4n) is 2.66. The van der Waals surface area contributed by atoms with E-state index in [0.29, 0.717) is 12.1 Å². The van der Waals surface area contributed by atoms with E-state index in [1.165, 1.54) is 4.90 Å². The zero-order valence-electron chi connectivity index (χ0n) is 14.0. The summed E-state index contributed by atoms with van der Waals surface area (Å²) in [5.41, 5.74) is 7.56. The van der Waals surface area contributed by atoms with Gasteiger partial charge in [0.15, 0.2) is 5.11 Å². The molecule has 2 aromatic rings. The van der Waals surface area contributed by atoms with E-state index >= 15 is 0 Å². The molecule has 0 radical (unpaired) electrons. The number of nitrogens with zero attached hydrogens (tertiary/aromatic N) is 1. The van der Waals surface area contributed by atoms with Gasteiger partial charge in [0.1, 0.15) is 6.04 Å². The van der Waals surface area contributed by atoms with Gasteiger partial charge < -0.3 is 21.1 Å². The molecule has 5 nitrogen and oxygen atoms in total. The molecule has 0 bridgehead atoms. The van der Waals surface area contributed by atoms with E-state index < -0.39 is 12.0 Å². The van der Waals surface area contributed by atoms with Crippen LogP contribution < -0.4 is 16.0 Å². The second-order valence-electron chi connectivity index (χ2n) is 5.69. The lowest BCUT2D eigenvalue weighted by atomic mass is 10.1. The van der Waals surface area contributed by atoms with Crippen molar-refractivity contribution in [3.05, 3.63) is 60.7 Å². The van der Waals surface area contributed by atoms with E-state index in [9.17, 15) is 9.90 Å². The van der Waals surface area contributed by atoms with Gasteiger partial charge in [0, 0.05) is 17.9 Å². The summed E-state index contributed by atoms with van der Waals surface area (Å²) in [6.07, 6.45) is 2.08. The highest BCUT2D eigenvalue weighted by atomic mass is 32.1. The van der Waals surface area contributed by atoms with Crippen molar-refractivity contribution >= 4 is 34.7 Å². The average molecular weight is 357 g/mol. The number of carbonyl (C=O) groups is 1. The third kappa shape index (κ3) is 5.76. The molecular formula is C19H23N3O2S. The van der Waals surface area contributed by atoms with E-state index in [0.717, 1.165) is 25.1 Å². The number of anilines is 2. The number of rotatable bonds is 9. The predicted molar refractivity (Wildman–Crippen MR) is 106 cm³/mol. The molecule has 0 aromatic heterocycles. The largest absolute Gasteiger partial charge is 0.480 e. The molecule has 0 spiro atoms. The summed E-state index contributed by atoms with van der Waals surface area (Å²) >= 11 is 5.09. The van der Waals surface area contributed by atoms with Crippen LogP contribution in [0.5, 0.6) is 0 Å². The normalized spacial score (nSPS) is 11.5. The topological polar surface area (TPSA) is 78.6 Å². The maximum absolute atomic E-state index is 11.7. The van der Waals surface area contributed by atoms with Crippen molar-refractivity contribution in [2.45, 2.75) is 25.3 Å². The van der Waals surface area contributed by atoms with Crippen molar-refractivity contribution in [1.29, 1.82) is 0 Å². The monoisotopic (exact) mass is 357 g/mol. The summed E-state index contributed by atoms with van der Waals surface area (Å²) in [6, 6.07) is 18.3. The number of hydrogen-bond acceptors (Lipinski definition) is 3. The lowest BCUT2D eigenvalue weighted by Gasteiger charge is -2.29. The second kappa shape index (κ2) is 9.64. The highest BCUT2D eigenvalue weighted by molar-refractivity contribution is 7.80. The van der Waals surface area contributed by atoms with Crippen LogP contribution in [0.15, 0.2) is 60.7 Å². The van der Waals surface area contributed by atoms with Gasteiger partial charge in [-0.2, -0.15) is 0 Å². The summed E-state index contributed by atoms with van der Waals surface area (Å²) < 4.78 is 0. The molecule has 132 valence electrons. The van der Waals surface area contributed by atoms with Gasteiger partial charge in [-0.3, -0.25) is 0 Å². The van der Waals surface area contributed by atoms with Gasteiger partial charge >= 0.3 is 5.97 Å². The Bertz CT molecular complexity index is 680. The lowest BCUT2D eigenvalue weighted by molar-refractivity contribution is -0.138. The average Bonchev–Trinajstić information content (AvgIpc) is 2.61. The molecule has 4 N–H and O–H groups in total. The summed E-state index contributed by atoms with van der Waals surface area (Å²) in [5.74, 6) is -0.923. The zero-order chi connectivity index (χ0) is 18.1. The molecule has 0 aliphatic heterocycles. The van der Waals surface area contributed by atoms with Crippen molar-refractivity contribution in [1.82, 2.24) is 0 Å². The Morgan fingerprint density at radius 2 is 1.68 bits per heavy atom. The number of hydrogen-bond donors (Lipinski definition) is 3. The highest BCUT2D eigenvalue weighted by Gasteiger charge is 2.27. The molecule has 2 aromatic carbocycles. The van der Waals surface area contributed by atoms with E-state index in [-0.39, 0.29) is 5.11 Å². The smallest absolute Gasteiger partial charge is 0.326 e. The molecule has 0 unspecified atom stereocenters. The first kappa shape index (κ1) is 18.7. The molecule has 0 aliphatic rings. The van der Waals surface area contributed by atoms with Crippen LogP contribution in [0.1, 0.15) is 19.3 Å². The van der Waals surface area contributed by atoms with Gasteiger partial charge in [0.05, 0.1) is 0 Å². The number of unbranched alkanes of at least 4 members (excludes halogenated alkanes) is 1. The number of nitrogens with two attached hydrogens (primary N) is 1. The summed E-state index contributed by atoms with van der Waals surface area (Å²) in [4.78, 5) is 13.2. The number of para-hydroxylation sites is 2. The first-order valence-electron chi connectivity index (χ1n) is 8.25. The Kier molecular flexibility index (Phi) is 7.22. The Morgan fingerprint density at radius 3 is 2.24 bits per heavy atom. The molecule has 2 rings (SSSR count). The van der Waals surface area contributed by atoms with Crippen molar-refractivity contribution < 1.29 is 9.90 Å². The van der Waals surface area contributed by atoms with E-state index in [2.05, 4.69) is 5.32 Å². The molecule has 0 amide bonds. The lowest BCUT2D eigenvalue weighted by Crippen LogP contribution is -2.48. The minimum Gasteiger partial charge on any atom is -0.480 e. The van der Waals surface area contributed by atoms with Gasteiger partial charge in [-0.1, -0.05) is 36.4 Å². The number of aliphatic carboxylic acids is 1. The van der Waals surface area contributed by atoms with Crippen LogP contribution in [0.25, 0.3) is 0 Å². The molecule has 0 saturated heterocycles. The molecule has 25 heavy (non-hydrogen) atoms. The van der Waals surface area contributed by atoms with E-state index in [1.807, 2.05) is 60.7 Å². The van der Waals surface area contributed by atoms with Crippen LogP contribution in [-0.2, 0) is 4.79 Å². The Hall–Kier alpha value is -2.60. The van der Waals surface area contributed by atoms with E-state index in [1.54, 1.807) is 0 Å². The maximum Gasteiger partial charge on any atom is 0.326 e. The van der Waals surface area contributed by atoms with Gasteiger partial charge in [-0.15, -0.1) is 0 Å². The summed E-state index contributed by atoms with van der Waals surface area (Å²) in [5, 5.41) is 13.0. The van der Waals surface area contributed by atoms with Crippen molar-refractivity contribution in [3.8, 4) is 0 Å².